The summed E-state index contributed by atoms with van der Waals surface area (Å²) in [7, 11) is 0. The van der Waals surface area contributed by atoms with E-state index in [1.807, 2.05) is 6.07 Å². The minimum atomic E-state index is -0.239. The summed E-state index contributed by atoms with van der Waals surface area (Å²) in [4.78, 5) is 0. The van der Waals surface area contributed by atoms with Crippen LogP contribution in [0.5, 0.6) is 0 Å². The number of anilines is 1. The molecule has 0 saturated heterocycles. The molecule has 0 fully saturated rings. The lowest BCUT2D eigenvalue weighted by Crippen LogP contribution is -2.05. The zero-order valence-electron chi connectivity index (χ0n) is 11.3. The summed E-state index contributed by atoms with van der Waals surface area (Å²) in [5, 5.41) is 3.16. The molecule has 0 saturated carbocycles. The van der Waals surface area contributed by atoms with Crippen molar-refractivity contribution in [1.29, 1.82) is 0 Å². The molecule has 2 aromatic carbocycles. The predicted molar refractivity (Wildman–Crippen MR) is 82.1 cm³/mol. The lowest BCUT2D eigenvalue weighted by molar-refractivity contribution is 0.629. The van der Waals surface area contributed by atoms with E-state index in [0.717, 1.165) is 4.47 Å². The smallest absolute Gasteiger partial charge is 0.147 e. The number of rotatable bonds is 3. The normalized spacial score (nSPS) is 10.6. The molecule has 0 heterocycles. The Labute approximate surface area is 122 Å². The number of aryl methyl sites for hydroxylation is 3. The number of hydrogen-bond donors (Lipinski definition) is 1. The molecule has 19 heavy (non-hydrogen) atoms. The van der Waals surface area contributed by atoms with E-state index in [2.05, 4.69) is 54.2 Å². The summed E-state index contributed by atoms with van der Waals surface area (Å²) < 4.78 is 14.5. The van der Waals surface area contributed by atoms with Gasteiger partial charge in [0.15, 0.2) is 0 Å². The van der Waals surface area contributed by atoms with Crippen molar-refractivity contribution in [3.8, 4) is 0 Å². The van der Waals surface area contributed by atoms with E-state index in [4.69, 9.17) is 0 Å². The Hall–Kier alpha value is -1.35. The van der Waals surface area contributed by atoms with Crippen molar-refractivity contribution >= 4 is 21.6 Å². The average molecular weight is 322 g/mol. The van der Waals surface area contributed by atoms with Crippen molar-refractivity contribution in [3.05, 3.63) is 62.9 Å². The van der Waals surface area contributed by atoms with Gasteiger partial charge in [0.2, 0.25) is 0 Å². The maximum absolute atomic E-state index is 13.7. The van der Waals surface area contributed by atoms with Crippen LogP contribution in [0.4, 0.5) is 10.1 Å². The topological polar surface area (TPSA) is 12.0 Å². The minimum Gasteiger partial charge on any atom is -0.379 e. The Morgan fingerprint density at radius 1 is 1.05 bits per heavy atom. The molecule has 100 valence electrons. The zero-order valence-corrected chi connectivity index (χ0v) is 12.9. The summed E-state index contributed by atoms with van der Waals surface area (Å²) in [6.45, 7) is 6.91. The highest BCUT2D eigenvalue weighted by molar-refractivity contribution is 9.10. The van der Waals surface area contributed by atoms with Gasteiger partial charge in [0.1, 0.15) is 5.82 Å². The second kappa shape index (κ2) is 5.74. The van der Waals surface area contributed by atoms with Gasteiger partial charge in [0.25, 0.3) is 0 Å². The first-order chi connectivity index (χ1) is 8.97. The molecule has 0 aliphatic rings. The van der Waals surface area contributed by atoms with E-state index in [1.165, 1.54) is 28.3 Å². The Balaban J connectivity index is 2.19. The minimum absolute atomic E-state index is 0.239. The fourth-order valence-electron chi connectivity index (χ4n) is 2.31. The summed E-state index contributed by atoms with van der Waals surface area (Å²) in [6.07, 6.45) is 0. The molecule has 2 rings (SSSR count). The molecule has 0 aromatic heterocycles. The van der Waals surface area contributed by atoms with E-state index >= 15 is 0 Å². The van der Waals surface area contributed by atoms with Gasteiger partial charge in [0.05, 0.1) is 5.69 Å². The first kappa shape index (κ1) is 14.1. The second-order valence-corrected chi connectivity index (χ2v) is 5.77. The molecule has 3 heteroatoms. The van der Waals surface area contributed by atoms with Gasteiger partial charge >= 0.3 is 0 Å². The maximum Gasteiger partial charge on any atom is 0.147 e. The molecule has 1 N–H and O–H groups in total. The van der Waals surface area contributed by atoms with Crippen LogP contribution < -0.4 is 5.32 Å². The molecule has 0 amide bonds. The van der Waals surface area contributed by atoms with Gasteiger partial charge in [0, 0.05) is 11.0 Å². The van der Waals surface area contributed by atoms with Crippen molar-refractivity contribution in [2.24, 2.45) is 0 Å². The summed E-state index contributed by atoms with van der Waals surface area (Å²) in [5.41, 5.74) is 5.49. The van der Waals surface area contributed by atoms with Crippen LogP contribution in [0.1, 0.15) is 22.3 Å². The highest BCUT2D eigenvalue weighted by atomic mass is 79.9. The number of benzene rings is 2. The Morgan fingerprint density at radius 3 is 2.26 bits per heavy atom. The zero-order chi connectivity index (χ0) is 14.0. The number of nitrogens with one attached hydrogen (secondary N) is 1. The third-order valence-corrected chi connectivity index (χ3v) is 3.72. The van der Waals surface area contributed by atoms with Crippen molar-refractivity contribution in [1.82, 2.24) is 0 Å². The number of halogens is 2. The van der Waals surface area contributed by atoms with Gasteiger partial charge < -0.3 is 5.32 Å². The molecule has 0 aliphatic heterocycles. The first-order valence-corrected chi connectivity index (χ1v) is 7.02. The maximum atomic E-state index is 13.7. The van der Waals surface area contributed by atoms with Crippen LogP contribution in [0, 0.1) is 26.6 Å². The first-order valence-electron chi connectivity index (χ1n) is 6.23. The van der Waals surface area contributed by atoms with Crippen LogP contribution in [0.15, 0.2) is 34.8 Å². The lowest BCUT2D eigenvalue weighted by atomic mass is 10.00. The van der Waals surface area contributed by atoms with Gasteiger partial charge in [-0.05, 0) is 55.7 Å². The van der Waals surface area contributed by atoms with Crippen LogP contribution in [-0.4, -0.2) is 0 Å². The quantitative estimate of drug-likeness (QED) is 0.826. The van der Waals surface area contributed by atoms with Crippen LogP contribution in [0.3, 0.4) is 0 Å². The standard InChI is InChI=1S/C16H17BrFN/c1-10-6-11(2)14(12(3)7-10)9-19-16-5-4-13(17)8-15(16)18/h4-8,19H,9H2,1-3H3. The molecule has 0 spiro atoms. The monoisotopic (exact) mass is 321 g/mol. The second-order valence-electron chi connectivity index (χ2n) is 4.85. The van der Waals surface area contributed by atoms with Crippen molar-refractivity contribution in [3.63, 3.8) is 0 Å². The van der Waals surface area contributed by atoms with Gasteiger partial charge in [-0.1, -0.05) is 33.6 Å². The Bertz CT molecular complexity index is 585. The van der Waals surface area contributed by atoms with E-state index in [0.29, 0.717) is 12.2 Å². The molecule has 2 aromatic rings. The van der Waals surface area contributed by atoms with Crippen molar-refractivity contribution < 1.29 is 4.39 Å². The fourth-order valence-corrected chi connectivity index (χ4v) is 2.64. The van der Waals surface area contributed by atoms with Gasteiger partial charge in [-0.15, -0.1) is 0 Å². The molecule has 1 nitrogen and oxygen atoms in total. The van der Waals surface area contributed by atoms with Crippen LogP contribution in [-0.2, 0) is 6.54 Å². The molecule has 0 bridgehead atoms. The van der Waals surface area contributed by atoms with Crippen molar-refractivity contribution in [2.75, 3.05) is 5.32 Å². The van der Waals surface area contributed by atoms with Crippen LogP contribution in [0.2, 0.25) is 0 Å². The van der Waals surface area contributed by atoms with Gasteiger partial charge in [-0.25, -0.2) is 4.39 Å². The summed E-state index contributed by atoms with van der Waals surface area (Å²) >= 11 is 3.26. The average Bonchev–Trinajstić information content (AvgIpc) is 2.30. The molecule has 0 atom stereocenters. The summed E-state index contributed by atoms with van der Waals surface area (Å²) in [5.74, 6) is -0.239. The third kappa shape index (κ3) is 3.35. The molecular weight excluding hydrogens is 305 g/mol. The predicted octanol–water partition coefficient (Wildman–Crippen LogP) is 5.13. The highest BCUT2D eigenvalue weighted by Crippen LogP contribution is 2.22. The number of hydrogen-bond acceptors (Lipinski definition) is 1. The lowest BCUT2D eigenvalue weighted by Gasteiger charge is -2.13. The largest absolute Gasteiger partial charge is 0.379 e. The highest BCUT2D eigenvalue weighted by Gasteiger charge is 2.06. The fraction of sp³-hybridized carbons (Fsp3) is 0.250. The molecule has 0 unspecified atom stereocenters. The molecular formula is C16H17BrFN. The Kier molecular flexibility index (Phi) is 4.25. The molecule has 0 radical (unpaired) electrons. The van der Waals surface area contributed by atoms with Crippen LogP contribution in [0.25, 0.3) is 0 Å². The third-order valence-electron chi connectivity index (χ3n) is 3.23. The summed E-state index contributed by atoms with van der Waals surface area (Å²) in [6, 6.07) is 9.36. The molecule has 0 aliphatic carbocycles. The van der Waals surface area contributed by atoms with Gasteiger partial charge in [-0.2, -0.15) is 0 Å². The van der Waals surface area contributed by atoms with E-state index in [1.54, 1.807) is 6.07 Å². The van der Waals surface area contributed by atoms with E-state index < -0.39 is 0 Å². The van der Waals surface area contributed by atoms with Crippen molar-refractivity contribution in [2.45, 2.75) is 27.3 Å². The van der Waals surface area contributed by atoms with Crippen LogP contribution >= 0.6 is 15.9 Å². The Morgan fingerprint density at radius 2 is 1.68 bits per heavy atom. The van der Waals surface area contributed by atoms with E-state index in [-0.39, 0.29) is 5.82 Å². The van der Waals surface area contributed by atoms with Gasteiger partial charge in [-0.3, -0.25) is 0 Å². The SMILES string of the molecule is Cc1cc(C)c(CNc2ccc(Br)cc2F)c(C)c1. The van der Waals surface area contributed by atoms with E-state index in [9.17, 15) is 4.39 Å².